The van der Waals surface area contributed by atoms with Gasteiger partial charge in [-0.15, -0.1) is 0 Å². The number of para-hydroxylation sites is 1. The first-order chi connectivity index (χ1) is 24.2. The number of fused-ring (bicyclic) bond motifs is 3. The summed E-state index contributed by atoms with van der Waals surface area (Å²) in [7, 11) is 0. The Bertz CT molecular complexity index is 2570. The van der Waals surface area contributed by atoms with Crippen molar-refractivity contribution in [3.63, 3.8) is 0 Å². The molecular formula is C45H29N3O. The van der Waals surface area contributed by atoms with Gasteiger partial charge in [-0.2, -0.15) is 0 Å². The summed E-state index contributed by atoms with van der Waals surface area (Å²) in [5.74, 6) is 1.84. The predicted octanol–water partition coefficient (Wildman–Crippen LogP) is 11.8. The topological polar surface area (TPSA) is 51.8 Å². The Balaban J connectivity index is 1.06. The first kappa shape index (κ1) is 28.6. The Morgan fingerprint density at radius 3 is 1.31 bits per heavy atom. The highest BCUT2D eigenvalue weighted by atomic mass is 16.3. The molecule has 0 fully saturated rings. The minimum Gasteiger partial charge on any atom is -0.456 e. The SMILES string of the molecule is c1ccc(-c2ccc(-c3ccc(-c4cccc(-c5nc(-c6ccccc6)nc(-c6ccc7c(c6)oc6ccccc67)n5)c4)cc3)cc2)cc1. The van der Waals surface area contributed by atoms with Crippen molar-refractivity contribution in [1.29, 1.82) is 0 Å². The Hall–Kier alpha value is -6.65. The van der Waals surface area contributed by atoms with Gasteiger partial charge in [-0.25, -0.2) is 15.0 Å². The molecule has 0 amide bonds. The summed E-state index contributed by atoms with van der Waals surface area (Å²) >= 11 is 0. The second kappa shape index (κ2) is 12.2. The Morgan fingerprint density at radius 1 is 0.265 bits per heavy atom. The lowest BCUT2D eigenvalue weighted by atomic mass is 9.97. The molecule has 2 aromatic heterocycles. The molecule has 9 aromatic rings. The average molecular weight is 628 g/mol. The standard InChI is InChI=1S/C45H29N3O/c1-3-10-30(11-4-1)31-18-20-32(21-19-31)33-22-24-34(25-23-33)36-14-9-15-37(28-36)44-46-43(35-12-5-2-6-13-35)47-45(48-44)38-26-27-40-39-16-7-8-17-41(39)49-42(40)29-38/h1-29H. The molecular weight excluding hydrogens is 599 g/mol. The number of hydrogen-bond donors (Lipinski definition) is 0. The van der Waals surface area contributed by atoms with Gasteiger partial charge in [-0.1, -0.05) is 152 Å². The van der Waals surface area contributed by atoms with Gasteiger partial charge in [0.15, 0.2) is 17.5 Å². The number of hydrogen-bond acceptors (Lipinski definition) is 4. The zero-order valence-corrected chi connectivity index (χ0v) is 26.5. The second-order valence-electron chi connectivity index (χ2n) is 12.1. The van der Waals surface area contributed by atoms with Crippen LogP contribution in [-0.4, -0.2) is 15.0 Å². The van der Waals surface area contributed by atoms with E-state index in [4.69, 9.17) is 19.4 Å². The van der Waals surface area contributed by atoms with E-state index >= 15 is 0 Å². The maximum atomic E-state index is 6.20. The zero-order valence-electron chi connectivity index (χ0n) is 26.5. The summed E-state index contributed by atoms with van der Waals surface area (Å²) in [6.07, 6.45) is 0. The highest BCUT2D eigenvalue weighted by Crippen LogP contribution is 2.34. The van der Waals surface area contributed by atoms with E-state index in [1.54, 1.807) is 0 Å². The van der Waals surface area contributed by atoms with Crippen molar-refractivity contribution in [3.8, 4) is 67.5 Å². The van der Waals surface area contributed by atoms with Crippen LogP contribution in [0.4, 0.5) is 0 Å². The van der Waals surface area contributed by atoms with Crippen LogP contribution >= 0.6 is 0 Å². The molecule has 0 aliphatic rings. The molecule has 0 spiro atoms. The first-order valence-corrected chi connectivity index (χ1v) is 16.4. The molecule has 7 aromatic carbocycles. The van der Waals surface area contributed by atoms with Crippen molar-refractivity contribution in [3.05, 3.63) is 176 Å². The van der Waals surface area contributed by atoms with Crippen molar-refractivity contribution in [2.45, 2.75) is 0 Å². The highest BCUT2D eigenvalue weighted by molar-refractivity contribution is 6.05. The molecule has 0 N–H and O–H groups in total. The Morgan fingerprint density at radius 2 is 0.673 bits per heavy atom. The van der Waals surface area contributed by atoms with Crippen LogP contribution in [0.25, 0.3) is 89.5 Å². The quantitative estimate of drug-likeness (QED) is 0.184. The lowest BCUT2D eigenvalue weighted by Crippen LogP contribution is -2.00. The van der Waals surface area contributed by atoms with Gasteiger partial charge < -0.3 is 4.42 Å². The average Bonchev–Trinajstić information content (AvgIpc) is 3.57. The summed E-state index contributed by atoms with van der Waals surface area (Å²) < 4.78 is 6.20. The van der Waals surface area contributed by atoms with Crippen LogP contribution in [0.15, 0.2) is 180 Å². The minimum absolute atomic E-state index is 0.597. The molecule has 230 valence electrons. The van der Waals surface area contributed by atoms with Crippen LogP contribution in [0.1, 0.15) is 0 Å². The number of furan rings is 1. The molecule has 0 saturated carbocycles. The largest absolute Gasteiger partial charge is 0.456 e. The van der Waals surface area contributed by atoms with E-state index < -0.39 is 0 Å². The fraction of sp³-hybridized carbons (Fsp3) is 0. The fourth-order valence-electron chi connectivity index (χ4n) is 6.39. The van der Waals surface area contributed by atoms with Crippen molar-refractivity contribution < 1.29 is 4.42 Å². The fourth-order valence-corrected chi connectivity index (χ4v) is 6.39. The molecule has 0 aliphatic heterocycles. The molecule has 9 rings (SSSR count). The van der Waals surface area contributed by atoms with Crippen molar-refractivity contribution in [1.82, 2.24) is 15.0 Å². The molecule has 49 heavy (non-hydrogen) atoms. The van der Waals surface area contributed by atoms with Gasteiger partial charge in [-0.05, 0) is 57.6 Å². The normalized spacial score (nSPS) is 11.3. The molecule has 2 heterocycles. The predicted molar refractivity (Wildman–Crippen MR) is 200 cm³/mol. The molecule has 4 nitrogen and oxygen atoms in total. The van der Waals surface area contributed by atoms with Gasteiger partial charge in [0.05, 0.1) is 0 Å². The van der Waals surface area contributed by atoms with E-state index in [9.17, 15) is 0 Å². The molecule has 0 aliphatic carbocycles. The van der Waals surface area contributed by atoms with Crippen molar-refractivity contribution in [2.24, 2.45) is 0 Å². The van der Waals surface area contributed by atoms with E-state index in [2.05, 4.69) is 115 Å². The maximum absolute atomic E-state index is 6.20. The third kappa shape index (κ3) is 5.56. The molecule has 4 heteroatoms. The summed E-state index contributed by atoms with van der Waals surface area (Å²) in [4.78, 5) is 14.9. The van der Waals surface area contributed by atoms with Crippen LogP contribution in [0.5, 0.6) is 0 Å². The number of nitrogens with zero attached hydrogens (tertiary/aromatic N) is 3. The summed E-state index contributed by atoms with van der Waals surface area (Å²) in [5, 5.41) is 2.16. The summed E-state index contributed by atoms with van der Waals surface area (Å²) in [5.41, 5.74) is 11.4. The number of rotatable bonds is 6. The number of aromatic nitrogens is 3. The summed E-state index contributed by atoms with van der Waals surface area (Å²) in [6, 6.07) is 60.6. The van der Waals surface area contributed by atoms with Crippen LogP contribution in [0.3, 0.4) is 0 Å². The minimum atomic E-state index is 0.597. The Labute approximate surface area is 284 Å². The first-order valence-electron chi connectivity index (χ1n) is 16.4. The van der Waals surface area contributed by atoms with Crippen molar-refractivity contribution >= 4 is 21.9 Å². The molecule has 0 bridgehead atoms. The summed E-state index contributed by atoms with van der Waals surface area (Å²) in [6.45, 7) is 0. The van der Waals surface area contributed by atoms with Gasteiger partial charge in [0.2, 0.25) is 0 Å². The van der Waals surface area contributed by atoms with Crippen LogP contribution in [0.2, 0.25) is 0 Å². The molecule has 0 atom stereocenters. The van der Waals surface area contributed by atoms with Gasteiger partial charge >= 0.3 is 0 Å². The maximum Gasteiger partial charge on any atom is 0.164 e. The van der Waals surface area contributed by atoms with Gasteiger partial charge in [-0.3, -0.25) is 0 Å². The third-order valence-electron chi connectivity index (χ3n) is 8.97. The van der Waals surface area contributed by atoms with E-state index in [1.807, 2.05) is 60.7 Å². The molecule has 0 unspecified atom stereocenters. The number of benzene rings is 7. The lowest BCUT2D eigenvalue weighted by Gasteiger charge is -2.10. The van der Waals surface area contributed by atoms with E-state index in [0.29, 0.717) is 17.5 Å². The molecule has 0 saturated heterocycles. The van der Waals surface area contributed by atoms with Crippen LogP contribution in [-0.2, 0) is 0 Å². The smallest absolute Gasteiger partial charge is 0.164 e. The van der Waals surface area contributed by atoms with Gasteiger partial charge in [0.25, 0.3) is 0 Å². The second-order valence-corrected chi connectivity index (χ2v) is 12.1. The highest BCUT2D eigenvalue weighted by Gasteiger charge is 2.15. The Kier molecular flexibility index (Phi) is 7.10. The van der Waals surface area contributed by atoms with Crippen molar-refractivity contribution in [2.75, 3.05) is 0 Å². The monoisotopic (exact) mass is 627 g/mol. The van der Waals surface area contributed by atoms with Crippen LogP contribution in [0, 0.1) is 0 Å². The van der Waals surface area contributed by atoms with Crippen LogP contribution < -0.4 is 0 Å². The lowest BCUT2D eigenvalue weighted by molar-refractivity contribution is 0.669. The third-order valence-corrected chi connectivity index (χ3v) is 8.97. The molecule has 0 radical (unpaired) electrons. The van der Waals surface area contributed by atoms with Gasteiger partial charge in [0, 0.05) is 27.5 Å². The van der Waals surface area contributed by atoms with E-state index in [1.165, 1.54) is 22.3 Å². The van der Waals surface area contributed by atoms with E-state index in [-0.39, 0.29) is 0 Å². The zero-order chi connectivity index (χ0) is 32.6. The van der Waals surface area contributed by atoms with E-state index in [0.717, 1.165) is 49.8 Å². The van der Waals surface area contributed by atoms with Gasteiger partial charge in [0.1, 0.15) is 11.2 Å².